The molecule has 0 radical (unpaired) electrons. The second-order valence-corrected chi connectivity index (χ2v) is 4.50. The molecule has 98 valence electrons. The highest BCUT2D eigenvalue weighted by Gasteiger charge is 2.20. The quantitative estimate of drug-likeness (QED) is 0.797. The van der Waals surface area contributed by atoms with E-state index in [-0.39, 0.29) is 5.56 Å². The SMILES string of the molecule is COC1CCN(c2ccc(N)c(C(=O)O)c2)CC1. The summed E-state index contributed by atoms with van der Waals surface area (Å²) in [6.07, 6.45) is 2.24. The Morgan fingerprint density at radius 1 is 1.44 bits per heavy atom. The number of piperidine rings is 1. The molecule has 3 N–H and O–H groups in total. The summed E-state index contributed by atoms with van der Waals surface area (Å²) in [6, 6.07) is 5.17. The molecule has 18 heavy (non-hydrogen) atoms. The van der Waals surface area contributed by atoms with Crippen molar-refractivity contribution in [3.8, 4) is 0 Å². The van der Waals surface area contributed by atoms with Gasteiger partial charge in [0.2, 0.25) is 0 Å². The fraction of sp³-hybridized carbons (Fsp3) is 0.462. The minimum atomic E-state index is -0.985. The second-order valence-electron chi connectivity index (χ2n) is 4.50. The van der Waals surface area contributed by atoms with Crippen molar-refractivity contribution in [1.29, 1.82) is 0 Å². The lowest BCUT2D eigenvalue weighted by atomic mass is 10.1. The van der Waals surface area contributed by atoms with E-state index >= 15 is 0 Å². The topological polar surface area (TPSA) is 75.8 Å². The molecule has 0 bridgehead atoms. The van der Waals surface area contributed by atoms with Crippen LogP contribution in [0.15, 0.2) is 18.2 Å². The molecule has 1 aliphatic rings. The van der Waals surface area contributed by atoms with Gasteiger partial charge in [0.15, 0.2) is 0 Å². The van der Waals surface area contributed by atoms with E-state index in [4.69, 9.17) is 15.6 Å². The van der Waals surface area contributed by atoms with Gasteiger partial charge in [0.25, 0.3) is 0 Å². The summed E-state index contributed by atoms with van der Waals surface area (Å²) in [5.74, 6) is -0.985. The summed E-state index contributed by atoms with van der Waals surface area (Å²) < 4.78 is 5.32. The van der Waals surface area contributed by atoms with Gasteiger partial charge >= 0.3 is 5.97 Å². The number of methoxy groups -OCH3 is 1. The van der Waals surface area contributed by atoms with E-state index in [1.807, 2.05) is 6.07 Å². The molecule has 5 heteroatoms. The van der Waals surface area contributed by atoms with Gasteiger partial charge in [-0.1, -0.05) is 0 Å². The second kappa shape index (κ2) is 5.27. The van der Waals surface area contributed by atoms with Crippen molar-refractivity contribution < 1.29 is 14.6 Å². The first kappa shape index (κ1) is 12.7. The third-order valence-electron chi connectivity index (χ3n) is 3.41. The lowest BCUT2D eigenvalue weighted by Crippen LogP contribution is -2.36. The van der Waals surface area contributed by atoms with E-state index in [1.54, 1.807) is 19.2 Å². The van der Waals surface area contributed by atoms with Crippen molar-refractivity contribution in [3.05, 3.63) is 23.8 Å². The number of hydrogen-bond acceptors (Lipinski definition) is 4. The maximum atomic E-state index is 11.0. The highest BCUT2D eigenvalue weighted by atomic mass is 16.5. The fourth-order valence-electron chi connectivity index (χ4n) is 2.28. The average molecular weight is 250 g/mol. The number of hydrogen-bond donors (Lipinski definition) is 2. The number of benzene rings is 1. The summed E-state index contributed by atoms with van der Waals surface area (Å²) in [6.45, 7) is 1.75. The van der Waals surface area contributed by atoms with Gasteiger partial charge in [-0.15, -0.1) is 0 Å². The van der Waals surface area contributed by atoms with Crippen LogP contribution in [0.5, 0.6) is 0 Å². The predicted octanol–water partition coefficient (Wildman–Crippen LogP) is 1.58. The molecular formula is C13H18N2O3. The molecule has 1 aromatic carbocycles. The molecule has 0 saturated carbocycles. The number of nitrogen functional groups attached to an aromatic ring is 1. The van der Waals surface area contributed by atoms with Gasteiger partial charge in [0.05, 0.1) is 11.7 Å². The Labute approximate surface area is 106 Å². The van der Waals surface area contributed by atoms with Gasteiger partial charge in [-0.05, 0) is 31.0 Å². The van der Waals surface area contributed by atoms with Crippen molar-refractivity contribution in [2.75, 3.05) is 30.8 Å². The number of anilines is 2. The van der Waals surface area contributed by atoms with Gasteiger partial charge in [0, 0.05) is 31.6 Å². The minimum Gasteiger partial charge on any atom is -0.478 e. The number of aromatic carboxylic acids is 1. The molecule has 0 atom stereocenters. The molecule has 1 aromatic rings. The Kier molecular flexibility index (Phi) is 3.72. The van der Waals surface area contributed by atoms with Crippen molar-refractivity contribution in [2.24, 2.45) is 0 Å². The number of ether oxygens (including phenoxy) is 1. The molecule has 0 aliphatic carbocycles. The normalized spacial score (nSPS) is 16.8. The molecule has 1 saturated heterocycles. The molecule has 1 aliphatic heterocycles. The predicted molar refractivity (Wildman–Crippen MR) is 70.1 cm³/mol. The Balaban J connectivity index is 2.15. The first-order chi connectivity index (χ1) is 8.61. The Hall–Kier alpha value is -1.75. The van der Waals surface area contributed by atoms with Crippen LogP contribution in [0, 0.1) is 0 Å². The number of carbonyl (C=O) groups is 1. The van der Waals surface area contributed by atoms with Crippen molar-refractivity contribution in [2.45, 2.75) is 18.9 Å². The highest BCUT2D eigenvalue weighted by Crippen LogP contribution is 2.25. The van der Waals surface area contributed by atoms with Gasteiger partial charge in [-0.2, -0.15) is 0 Å². The first-order valence-electron chi connectivity index (χ1n) is 6.02. The molecule has 0 amide bonds. The van der Waals surface area contributed by atoms with Crippen LogP contribution in [-0.2, 0) is 4.74 Å². The van der Waals surface area contributed by atoms with Crippen molar-refractivity contribution in [1.82, 2.24) is 0 Å². The zero-order valence-electron chi connectivity index (χ0n) is 10.4. The van der Waals surface area contributed by atoms with Gasteiger partial charge in [-0.25, -0.2) is 4.79 Å². The number of nitrogens with two attached hydrogens (primary N) is 1. The van der Waals surface area contributed by atoms with Crippen LogP contribution in [0.2, 0.25) is 0 Å². The zero-order chi connectivity index (χ0) is 13.1. The van der Waals surface area contributed by atoms with Gasteiger partial charge in [0.1, 0.15) is 0 Å². The number of rotatable bonds is 3. The Morgan fingerprint density at radius 2 is 2.11 bits per heavy atom. The number of carboxylic acid groups (broad SMARTS) is 1. The molecule has 0 unspecified atom stereocenters. The van der Waals surface area contributed by atoms with E-state index in [0.717, 1.165) is 31.6 Å². The molecule has 1 heterocycles. The molecule has 0 aromatic heterocycles. The van der Waals surface area contributed by atoms with Crippen LogP contribution in [0.4, 0.5) is 11.4 Å². The summed E-state index contributed by atoms with van der Waals surface area (Å²) in [5.41, 5.74) is 7.03. The first-order valence-corrected chi connectivity index (χ1v) is 6.02. The largest absolute Gasteiger partial charge is 0.478 e. The molecule has 0 spiro atoms. The smallest absolute Gasteiger partial charge is 0.337 e. The van der Waals surface area contributed by atoms with Crippen molar-refractivity contribution >= 4 is 17.3 Å². The summed E-state index contributed by atoms with van der Waals surface area (Å²) in [4.78, 5) is 13.2. The molecular weight excluding hydrogens is 232 g/mol. The van der Waals surface area contributed by atoms with E-state index in [0.29, 0.717) is 11.8 Å². The third kappa shape index (κ3) is 2.56. The van der Waals surface area contributed by atoms with Crippen LogP contribution in [0.1, 0.15) is 23.2 Å². The lowest BCUT2D eigenvalue weighted by molar-refractivity contribution is 0.0697. The van der Waals surface area contributed by atoms with Crippen LogP contribution in [0.25, 0.3) is 0 Å². The highest BCUT2D eigenvalue weighted by molar-refractivity contribution is 5.94. The van der Waals surface area contributed by atoms with Gasteiger partial charge in [-0.3, -0.25) is 0 Å². The summed E-state index contributed by atoms with van der Waals surface area (Å²) >= 11 is 0. The summed E-state index contributed by atoms with van der Waals surface area (Å²) in [5, 5.41) is 9.05. The Morgan fingerprint density at radius 3 is 2.67 bits per heavy atom. The molecule has 2 rings (SSSR count). The van der Waals surface area contributed by atoms with Gasteiger partial charge < -0.3 is 20.5 Å². The zero-order valence-corrected chi connectivity index (χ0v) is 10.4. The monoisotopic (exact) mass is 250 g/mol. The van der Waals surface area contributed by atoms with E-state index in [2.05, 4.69) is 4.90 Å². The fourth-order valence-corrected chi connectivity index (χ4v) is 2.28. The maximum absolute atomic E-state index is 11.0. The van der Waals surface area contributed by atoms with E-state index in [1.165, 1.54) is 0 Å². The standard InChI is InChI=1S/C13H18N2O3/c1-18-10-4-6-15(7-5-10)9-2-3-12(14)11(8-9)13(16)17/h2-3,8,10H,4-7,14H2,1H3,(H,16,17). The van der Waals surface area contributed by atoms with Crippen LogP contribution >= 0.6 is 0 Å². The van der Waals surface area contributed by atoms with Crippen molar-refractivity contribution in [3.63, 3.8) is 0 Å². The lowest BCUT2D eigenvalue weighted by Gasteiger charge is -2.33. The van der Waals surface area contributed by atoms with Crippen LogP contribution in [0.3, 0.4) is 0 Å². The number of nitrogens with zero attached hydrogens (tertiary/aromatic N) is 1. The number of carboxylic acids is 1. The van der Waals surface area contributed by atoms with Crippen LogP contribution < -0.4 is 10.6 Å². The maximum Gasteiger partial charge on any atom is 0.337 e. The van der Waals surface area contributed by atoms with Crippen LogP contribution in [-0.4, -0.2) is 37.4 Å². The third-order valence-corrected chi connectivity index (χ3v) is 3.41. The van der Waals surface area contributed by atoms with E-state index < -0.39 is 5.97 Å². The van der Waals surface area contributed by atoms with E-state index in [9.17, 15) is 4.79 Å². The molecule has 1 fully saturated rings. The minimum absolute atomic E-state index is 0.168. The molecule has 5 nitrogen and oxygen atoms in total. The summed E-state index contributed by atoms with van der Waals surface area (Å²) in [7, 11) is 1.73. The Bertz CT molecular complexity index is 440. The average Bonchev–Trinajstić information content (AvgIpc) is 2.39.